The van der Waals surface area contributed by atoms with Crippen LogP contribution in [0.3, 0.4) is 0 Å². The molecule has 1 aromatic heterocycles. The number of H-pyrrole nitrogens is 1. The van der Waals surface area contributed by atoms with Crippen LogP contribution in [0.25, 0.3) is 10.9 Å². The Morgan fingerprint density at radius 2 is 1.96 bits per heavy atom. The summed E-state index contributed by atoms with van der Waals surface area (Å²) >= 11 is 6.31. The van der Waals surface area contributed by atoms with E-state index in [0.717, 1.165) is 10.9 Å². The fraction of sp³-hybridized carbons (Fsp3) is 0.0625. The number of fused-ring (bicyclic) bond motifs is 1. The number of hydrogen-bond acceptors (Lipinski definition) is 2. The fourth-order valence-corrected chi connectivity index (χ4v) is 2.95. The maximum Gasteiger partial charge on any atom is 0.288 e. The average Bonchev–Trinajstić information content (AvgIpc) is 2.92. The average molecular weight is 353 g/mol. The molecule has 3 nitrogen and oxygen atoms in total. The van der Waals surface area contributed by atoms with Crippen molar-refractivity contribution in [2.24, 2.45) is 0 Å². The summed E-state index contributed by atoms with van der Waals surface area (Å²) < 4.78 is 25.1. The molecule has 23 heavy (non-hydrogen) atoms. The first-order valence-corrected chi connectivity index (χ1v) is 7.92. The number of carbonyl (C=O) groups excluding carboxylic acids is 1. The van der Waals surface area contributed by atoms with Crippen molar-refractivity contribution in [3.8, 4) is 0 Å². The lowest BCUT2D eigenvalue weighted by molar-refractivity contribution is 0.102. The maximum atomic E-state index is 12.6. The van der Waals surface area contributed by atoms with Gasteiger partial charge in [-0.3, -0.25) is 4.79 Å². The van der Waals surface area contributed by atoms with E-state index in [4.69, 9.17) is 11.6 Å². The number of halogens is 3. The van der Waals surface area contributed by atoms with E-state index < -0.39 is 11.7 Å². The molecule has 0 saturated carbocycles. The minimum atomic E-state index is -2.55. The second kappa shape index (κ2) is 6.60. The molecule has 2 aromatic carbocycles. The molecule has 0 atom stereocenters. The standard InChI is InChI=1S/C16H11ClF2N2OS/c17-10-6-5-9-7-13(20-12(9)8-10)15(22)21-11-3-1-2-4-14(11)23-16(18)19/h1-8,16,20H,(H,21,22). The zero-order valence-electron chi connectivity index (χ0n) is 11.6. The van der Waals surface area contributed by atoms with Crippen molar-refractivity contribution in [2.75, 3.05) is 5.32 Å². The van der Waals surface area contributed by atoms with Crippen molar-refractivity contribution in [2.45, 2.75) is 10.7 Å². The highest BCUT2D eigenvalue weighted by atomic mass is 35.5. The monoisotopic (exact) mass is 352 g/mol. The van der Waals surface area contributed by atoms with Gasteiger partial charge in [0.1, 0.15) is 5.69 Å². The highest BCUT2D eigenvalue weighted by Gasteiger charge is 2.14. The predicted molar refractivity (Wildman–Crippen MR) is 89.6 cm³/mol. The van der Waals surface area contributed by atoms with E-state index in [1.165, 1.54) is 6.07 Å². The van der Waals surface area contributed by atoms with Gasteiger partial charge in [0.15, 0.2) is 0 Å². The second-order valence-corrected chi connectivity index (χ2v) is 6.21. The fourth-order valence-electron chi connectivity index (χ4n) is 2.18. The number of rotatable bonds is 4. The predicted octanol–water partition coefficient (Wildman–Crippen LogP) is 5.39. The molecular weight excluding hydrogens is 342 g/mol. The van der Waals surface area contributed by atoms with Crippen LogP contribution >= 0.6 is 23.4 Å². The first kappa shape index (κ1) is 15.8. The lowest BCUT2D eigenvalue weighted by atomic mass is 10.2. The Balaban J connectivity index is 1.86. The van der Waals surface area contributed by atoms with Gasteiger partial charge in [0, 0.05) is 20.8 Å². The highest BCUT2D eigenvalue weighted by Crippen LogP contribution is 2.32. The van der Waals surface area contributed by atoms with Gasteiger partial charge in [-0.25, -0.2) is 0 Å². The van der Waals surface area contributed by atoms with Crippen LogP contribution in [0.4, 0.5) is 14.5 Å². The molecule has 1 amide bonds. The maximum absolute atomic E-state index is 12.6. The smallest absolute Gasteiger partial charge is 0.288 e. The zero-order valence-corrected chi connectivity index (χ0v) is 13.2. The van der Waals surface area contributed by atoms with Crippen LogP contribution in [-0.2, 0) is 0 Å². The molecule has 1 heterocycles. The number of benzene rings is 2. The zero-order chi connectivity index (χ0) is 16.4. The Kier molecular flexibility index (Phi) is 4.54. The number of aromatic nitrogens is 1. The Hall–Kier alpha value is -2.05. The molecule has 7 heteroatoms. The van der Waals surface area contributed by atoms with E-state index in [9.17, 15) is 13.6 Å². The minimum absolute atomic E-state index is 0.315. The van der Waals surface area contributed by atoms with Gasteiger partial charge < -0.3 is 10.3 Å². The van der Waals surface area contributed by atoms with Crippen LogP contribution in [0.1, 0.15) is 10.5 Å². The SMILES string of the molecule is O=C(Nc1ccccc1SC(F)F)c1cc2ccc(Cl)cc2[nH]1. The van der Waals surface area contributed by atoms with Crippen LogP contribution in [0.2, 0.25) is 5.02 Å². The van der Waals surface area contributed by atoms with Gasteiger partial charge in [0.25, 0.3) is 11.7 Å². The van der Waals surface area contributed by atoms with Gasteiger partial charge in [0.2, 0.25) is 0 Å². The van der Waals surface area contributed by atoms with Gasteiger partial charge >= 0.3 is 0 Å². The molecule has 118 valence electrons. The van der Waals surface area contributed by atoms with Crippen molar-refractivity contribution >= 4 is 45.9 Å². The van der Waals surface area contributed by atoms with Crippen molar-refractivity contribution in [3.63, 3.8) is 0 Å². The number of alkyl halides is 2. The molecule has 2 N–H and O–H groups in total. The number of anilines is 1. The highest BCUT2D eigenvalue weighted by molar-refractivity contribution is 7.99. The normalized spacial score (nSPS) is 11.1. The molecule has 0 spiro atoms. The Morgan fingerprint density at radius 3 is 2.74 bits per heavy atom. The quantitative estimate of drug-likeness (QED) is 0.618. The summed E-state index contributed by atoms with van der Waals surface area (Å²) in [5.74, 6) is -2.96. The molecule has 0 bridgehead atoms. The summed E-state index contributed by atoms with van der Waals surface area (Å²) in [7, 11) is 0. The largest absolute Gasteiger partial charge is 0.350 e. The summed E-state index contributed by atoms with van der Waals surface area (Å²) in [5.41, 5.74) is 1.41. The van der Waals surface area contributed by atoms with Crippen LogP contribution in [0, 0.1) is 0 Å². The van der Waals surface area contributed by atoms with E-state index >= 15 is 0 Å². The van der Waals surface area contributed by atoms with Crippen LogP contribution < -0.4 is 5.32 Å². The molecule has 0 saturated heterocycles. The second-order valence-electron chi connectivity index (χ2n) is 4.74. The first-order chi connectivity index (χ1) is 11.0. The number of hydrogen-bond donors (Lipinski definition) is 2. The van der Waals surface area contributed by atoms with Crippen molar-refractivity contribution in [1.82, 2.24) is 4.98 Å². The van der Waals surface area contributed by atoms with Crippen LogP contribution in [0.15, 0.2) is 53.4 Å². The first-order valence-electron chi connectivity index (χ1n) is 6.66. The number of thioether (sulfide) groups is 1. The molecule has 3 rings (SSSR count). The molecule has 0 radical (unpaired) electrons. The lowest BCUT2D eigenvalue weighted by Gasteiger charge is -2.09. The van der Waals surface area contributed by atoms with E-state index in [0.29, 0.717) is 33.1 Å². The topological polar surface area (TPSA) is 44.9 Å². The third kappa shape index (κ3) is 3.65. The third-order valence-corrected chi connectivity index (χ3v) is 4.20. The van der Waals surface area contributed by atoms with Gasteiger partial charge in [-0.1, -0.05) is 41.6 Å². The Morgan fingerprint density at radius 1 is 1.17 bits per heavy atom. The summed E-state index contributed by atoms with van der Waals surface area (Å²) in [6.45, 7) is 0. The molecule has 0 fully saturated rings. The molecule has 0 unspecified atom stereocenters. The van der Waals surface area contributed by atoms with Gasteiger partial charge in [-0.2, -0.15) is 8.78 Å². The van der Waals surface area contributed by atoms with Gasteiger partial charge in [-0.05, 0) is 30.3 Å². The number of amides is 1. The molecular formula is C16H11ClF2N2OS. The van der Waals surface area contributed by atoms with Crippen molar-refractivity contribution in [1.29, 1.82) is 0 Å². The van der Waals surface area contributed by atoms with E-state index in [1.54, 1.807) is 42.5 Å². The summed E-state index contributed by atoms with van der Waals surface area (Å²) in [4.78, 5) is 15.6. The number of carbonyl (C=O) groups is 1. The van der Waals surface area contributed by atoms with Crippen molar-refractivity contribution < 1.29 is 13.6 Å². The summed E-state index contributed by atoms with van der Waals surface area (Å²) in [6.07, 6.45) is 0. The third-order valence-electron chi connectivity index (χ3n) is 3.18. The number of nitrogens with one attached hydrogen (secondary N) is 2. The minimum Gasteiger partial charge on any atom is -0.350 e. The van der Waals surface area contributed by atoms with E-state index in [-0.39, 0.29) is 0 Å². The molecule has 3 aromatic rings. The summed E-state index contributed by atoms with van der Waals surface area (Å²) in [6, 6.07) is 13.4. The number of aromatic amines is 1. The Bertz CT molecular complexity index is 866. The lowest BCUT2D eigenvalue weighted by Crippen LogP contribution is -2.12. The van der Waals surface area contributed by atoms with Crippen LogP contribution in [0.5, 0.6) is 0 Å². The molecule has 0 aliphatic carbocycles. The Labute approximate surface area is 140 Å². The summed E-state index contributed by atoms with van der Waals surface area (Å²) in [5, 5.41) is 4.05. The van der Waals surface area contributed by atoms with E-state index in [1.807, 2.05) is 0 Å². The van der Waals surface area contributed by atoms with Crippen LogP contribution in [-0.4, -0.2) is 16.6 Å². The van der Waals surface area contributed by atoms with Gasteiger partial charge in [-0.15, -0.1) is 0 Å². The van der Waals surface area contributed by atoms with Gasteiger partial charge in [0.05, 0.1) is 5.69 Å². The molecule has 0 aliphatic rings. The van der Waals surface area contributed by atoms with E-state index in [2.05, 4.69) is 10.3 Å². The number of para-hydroxylation sites is 1. The molecule has 0 aliphatic heterocycles. The van der Waals surface area contributed by atoms with Crippen molar-refractivity contribution in [3.05, 3.63) is 59.2 Å².